The summed E-state index contributed by atoms with van der Waals surface area (Å²) in [4.78, 5) is 17.3. The molecule has 0 bridgehead atoms. The minimum absolute atomic E-state index is 0.0538. The van der Waals surface area contributed by atoms with Crippen LogP contribution in [0.25, 0.3) is 17.2 Å². The number of hydrogen-bond donors (Lipinski definition) is 1. The Morgan fingerprint density at radius 1 is 0.968 bits per heavy atom. The van der Waals surface area contributed by atoms with E-state index >= 15 is 0 Å². The minimum Gasteiger partial charge on any atom is -0.310 e. The number of hydrogen-bond acceptors (Lipinski definition) is 5. The summed E-state index contributed by atoms with van der Waals surface area (Å²) in [7, 11) is 0. The first kappa shape index (κ1) is 19.1. The number of nitrogens with zero attached hydrogens (tertiary/aromatic N) is 5. The van der Waals surface area contributed by atoms with E-state index < -0.39 is 0 Å². The quantitative estimate of drug-likeness (QED) is 0.549. The summed E-state index contributed by atoms with van der Waals surface area (Å²) in [5, 5.41) is 16.0. The molecule has 4 aromatic rings. The molecule has 3 heterocycles. The van der Waals surface area contributed by atoms with E-state index in [1.54, 1.807) is 10.9 Å². The van der Waals surface area contributed by atoms with Gasteiger partial charge in [-0.15, -0.1) is 5.10 Å². The molecule has 0 unspecified atom stereocenters. The standard InChI is InChI=1S/C24H22N6O/c1-14-4-8-17(9-5-14)19-12-21(31)27-23-22(19)16(3)29-30(23)24-26-20(13-25-28-24)18-10-6-15(2)7-11-18/h4-11,13,19H,12H2,1-3H3,(H,27,31)/t19-/m0/s1. The zero-order valence-corrected chi connectivity index (χ0v) is 17.6. The SMILES string of the molecule is Cc1ccc(-c2cnnc(-n3nc(C)c4c3NC(=O)C[C@H]4c3ccc(C)cc3)n2)cc1. The van der Waals surface area contributed by atoms with Gasteiger partial charge in [0.2, 0.25) is 5.91 Å². The highest BCUT2D eigenvalue weighted by atomic mass is 16.1. The molecule has 1 amide bonds. The van der Waals surface area contributed by atoms with E-state index in [1.807, 2.05) is 38.1 Å². The van der Waals surface area contributed by atoms with Crippen LogP contribution in [0, 0.1) is 20.8 Å². The Kier molecular flexibility index (Phi) is 4.58. The van der Waals surface area contributed by atoms with Crippen LogP contribution in [0.5, 0.6) is 0 Å². The van der Waals surface area contributed by atoms with Crippen LogP contribution >= 0.6 is 0 Å². The fourth-order valence-electron chi connectivity index (χ4n) is 4.02. The Morgan fingerprint density at radius 2 is 1.65 bits per heavy atom. The van der Waals surface area contributed by atoms with Crippen molar-refractivity contribution in [2.24, 2.45) is 0 Å². The average molecular weight is 410 g/mol. The van der Waals surface area contributed by atoms with Gasteiger partial charge in [-0.2, -0.15) is 14.9 Å². The second kappa shape index (κ2) is 7.43. The summed E-state index contributed by atoms with van der Waals surface area (Å²) in [5.41, 5.74) is 6.93. The molecule has 0 saturated carbocycles. The van der Waals surface area contributed by atoms with Crippen molar-refractivity contribution in [3.05, 3.63) is 82.7 Å². The van der Waals surface area contributed by atoms with Gasteiger partial charge in [0.25, 0.3) is 5.95 Å². The molecule has 31 heavy (non-hydrogen) atoms. The number of aryl methyl sites for hydroxylation is 3. The Bertz CT molecular complexity index is 1270. The third-order valence-corrected chi connectivity index (χ3v) is 5.67. The molecule has 2 aromatic heterocycles. The van der Waals surface area contributed by atoms with Crippen LogP contribution in [-0.2, 0) is 4.79 Å². The van der Waals surface area contributed by atoms with Crippen molar-refractivity contribution in [2.45, 2.75) is 33.1 Å². The first-order chi connectivity index (χ1) is 15.0. The molecular formula is C24H22N6O. The van der Waals surface area contributed by atoms with E-state index in [9.17, 15) is 4.79 Å². The molecule has 7 heteroatoms. The summed E-state index contributed by atoms with van der Waals surface area (Å²) < 4.78 is 1.59. The molecule has 154 valence electrons. The first-order valence-electron chi connectivity index (χ1n) is 10.2. The minimum atomic E-state index is -0.0636. The Morgan fingerprint density at radius 3 is 2.35 bits per heavy atom. The lowest BCUT2D eigenvalue weighted by Crippen LogP contribution is -2.25. The molecule has 0 spiro atoms. The largest absolute Gasteiger partial charge is 0.310 e. The first-order valence-corrected chi connectivity index (χ1v) is 10.2. The van der Waals surface area contributed by atoms with Gasteiger partial charge in [0.1, 0.15) is 5.82 Å². The summed E-state index contributed by atoms with van der Waals surface area (Å²) in [6.07, 6.45) is 2.01. The zero-order chi connectivity index (χ0) is 21.5. The number of carbonyl (C=O) groups excluding carboxylic acids is 1. The Hall–Kier alpha value is -3.87. The predicted molar refractivity (Wildman–Crippen MR) is 118 cm³/mol. The lowest BCUT2D eigenvalue weighted by Gasteiger charge is -2.24. The summed E-state index contributed by atoms with van der Waals surface area (Å²) in [5.74, 6) is 0.822. The van der Waals surface area contributed by atoms with Gasteiger partial charge in [-0.1, -0.05) is 59.7 Å². The molecule has 0 saturated heterocycles. The third-order valence-electron chi connectivity index (χ3n) is 5.67. The van der Waals surface area contributed by atoms with Crippen molar-refractivity contribution < 1.29 is 4.79 Å². The lowest BCUT2D eigenvalue weighted by atomic mass is 9.85. The highest BCUT2D eigenvalue weighted by Gasteiger charge is 2.33. The maximum Gasteiger partial charge on any atom is 0.272 e. The second-order valence-corrected chi connectivity index (χ2v) is 7.98. The normalized spacial score (nSPS) is 15.5. The van der Waals surface area contributed by atoms with Crippen molar-refractivity contribution in [1.29, 1.82) is 0 Å². The summed E-state index contributed by atoms with van der Waals surface area (Å²) >= 11 is 0. The van der Waals surface area contributed by atoms with Gasteiger partial charge in [-0.05, 0) is 26.3 Å². The van der Waals surface area contributed by atoms with Gasteiger partial charge in [0.15, 0.2) is 0 Å². The highest BCUT2D eigenvalue weighted by molar-refractivity contribution is 5.95. The smallest absolute Gasteiger partial charge is 0.272 e. The fraction of sp³-hybridized carbons (Fsp3) is 0.208. The van der Waals surface area contributed by atoms with E-state index in [1.165, 1.54) is 11.1 Å². The van der Waals surface area contributed by atoms with Gasteiger partial charge in [0, 0.05) is 23.5 Å². The molecule has 0 radical (unpaired) electrons. The predicted octanol–water partition coefficient (Wildman–Crippen LogP) is 4.12. The number of benzene rings is 2. The number of carbonyl (C=O) groups is 1. The molecule has 1 atom stereocenters. The van der Waals surface area contributed by atoms with E-state index in [2.05, 4.69) is 56.8 Å². The molecule has 0 fully saturated rings. The average Bonchev–Trinajstić information content (AvgIpc) is 3.10. The van der Waals surface area contributed by atoms with Gasteiger partial charge < -0.3 is 5.32 Å². The van der Waals surface area contributed by atoms with Gasteiger partial charge in [-0.25, -0.2) is 4.98 Å². The van der Waals surface area contributed by atoms with E-state index in [0.717, 1.165) is 22.4 Å². The number of rotatable bonds is 3. The van der Waals surface area contributed by atoms with E-state index in [4.69, 9.17) is 0 Å². The zero-order valence-electron chi connectivity index (χ0n) is 17.6. The monoisotopic (exact) mass is 410 g/mol. The van der Waals surface area contributed by atoms with Crippen LogP contribution < -0.4 is 5.32 Å². The van der Waals surface area contributed by atoms with Crippen LogP contribution in [-0.4, -0.2) is 30.9 Å². The molecule has 0 aliphatic carbocycles. The fourth-order valence-corrected chi connectivity index (χ4v) is 4.02. The lowest BCUT2D eigenvalue weighted by molar-refractivity contribution is -0.116. The van der Waals surface area contributed by atoms with E-state index in [0.29, 0.717) is 23.9 Å². The van der Waals surface area contributed by atoms with Crippen LogP contribution in [0.2, 0.25) is 0 Å². The number of amides is 1. The van der Waals surface area contributed by atoms with Crippen LogP contribution in [0.1, 0.15) is 40.3 Å². The van der Waals surface area contributed by atoms with Gasteiger partial charge >= 0.3 is 0 Å². The van der Waals surface area contributed by atoms with Gasteiger partial charge in [-0.3, -0.25) is 4.79 Å². The van der Waals surface area contributed by atoms with Crippen molar-refractivity contribution in [2.75, 3.05) is 5.32 Å². The summed E-state index contributed by atoms with van der Waals surface area (Å²) in [6, 6.07) is 16.4. The topological polar surface area (TPSA) is 85.6 Å². The Labute approximate surface area is 180 Å². The maximum absolute atomic E-state index is 12.6. The van der Waals surface area contributed by atoms with Crippen molar-refractivity contribution in [3.8, 4) is 17.2 Å². The Balaban J connectivity index is 1.60. The summed E-state index contributed by atoms with van der Waals surface area (Å²) in [6.45, 7) is 6.04. The van der Waals surface area contributed by atoms with Crippen molar-refractivity contribution in [1.82, 2.24) is 25.0 Å². The molecule has 7 nitrogen and oxygen atoms in total. The number of anilines is 1. The van der Waals surface area contributed by atoms with Gasteiger partial charge in [0.05, 0.1) is 17.6 Å². The van der Waals surface area contributed by atoms with Crippen molar-refractivity contribution >= 4 is 11.7 Å². The number of nitrogens with one attached hydrogen (secondary N) is 1. The van der Waals surface area contributed by atoms with E-state index in [-0.39, 0.29) is 11.8 Å². The second-order valence-electron chi connectivity index (χ2n) is 7.98. The molecule has 1 aliphatic rings. The van der Waals surface area contributed by atoms with Crippen LogP contribution in [0.4, 0.5) is 5.82 Å². The van der Waals surface area contributed by atoms with Crippen LogP contribution in [0.15, 0.2) is 54.7 Å². The number of aromatic nitrogens is 5. The third kappa shape index (κ3) is 3.48. The molecule has 2 aromatic carbocycles. The highest BCUT2D eigenvalue weighted by Crippen LogP contribution is 2.39. The maximum atomic E-state index is 12.6. The molecule has 1 N–H and O–H groups in total. The molecular weight excluding hydrogens is 388 g/mol. The number of fused-ring (bicyclic) bond motifs is 1. The molecule has 1 aliphatic heterocycles. The van der Waals surface area contributed by atoms with Crippen LogP contribution in [0.3, 0.4) is 0 Å². The van der Waals surface area contributed by atoms with Crippen molar-refractivity contribution in [3.63, 3.8) is 0 Å². The molecule has 5 rings (SSSR count).